The van der Waals surface area contributed by atoms with E-state index < -0.39 is 0 Å². The van der Waals surface area contributed by atoms with Crippen LogP contribution in [0.15, 0.2) is 18.2 Å². The molecule has 18 heavy (non-hydrogen) atoms. The van der Waals surface area contributed by atoms with E-state index in [0.29, 0.717) is 0 Å². The normalized spacial score (nSPS) is 30.2. The van der Waals surface area contributed by atoms with Crippen LogP contribution in [0.2, 0.25) is 0 Å². The van der Waals surface area contributed by atoms with Crippen molar-refractivity contribution in [3.05, 3.63) is 18.2 Å². The van der Waals surface area contributed by atoms with Crippen molar-refractivity contribution in [2.45, 2.75) is 38.1 Å². The van der Waals surface area contributed by atoms with Crippen LogP contribution in [0.1, 0.15) is 32.6 Å². The molecular weight excluding hydrogens is 224 g/mol. The smallest absolute Gasteiger partial charge is 0.121 e. The Bertz CT molecular complexity index is 436. The Kier molecular flexibility index (Phi) is 2.84. The number of rotatable bonds is 1. The zero-order valence-corrected chi connectivity index (χ0v) is 11.3. The Morgan fingerprint density at radius 2 is 2.00 bits per heavy atom. The van der Waals surface area contributed by atoms with E-state index in [0.717, 1.165) is 18.2 Å². The van der Waals surface area contributed by atoms with Gasteiger partial charge in [0.2, 0.25) is 0 Å². The Morgan fingerprint density at radius 1 is 1.22 bits per heavy atom. The average Bonchev–Trinajstić information content (AvgIpc) is 2.42. The van der Waals surface area contributed by atoms with Crippen LogP contribution < -0.4 is 15.4 Å². The molecule has 2 N–H and O–H groups in total. The van der Waals surface area contributed by atoms with Gasteiger partial charge in [-0.05, 0) is 43.7 Å². The molecule has 1 saturated carbocycles. The number of anilines is 2. The molecule has 0 amide bonds. The fourth-order valence-electron chi connectivity index (χ4n) is 3.12. The van der Waals surface area contributed by atoms with Crippen LogP contribution in [-0.4, -0.2) is 19.2 Å². The molecule has 0 saturated heterocycles. The summed E-state index contributed by atoms with van der Waals surface area (Å²) in [5, 5.41) is 7.34. The van der Waals surface area contributed by atoms with Gasteiger partial charge in [0.15, 0.2) is 0 Å². The Morgan fingerprint density at radius 3 is 2.72 bits per heavy atom. The molecule has 1 aliphatic carbocycles. The second kappa shape index (κ2) is 4.38. The van der Waals surface area contributed by atoms with E-state index in [1.165, 1.54) is 37.1 Å². The molecule has 1 aromatic carbocycles. The first-order chi connectivity index (χ1) is 8.71. The Balaban J connectivity index is 1.81. The first-order valence-electron chi connectivity index (χ1n) is 6.91. The number of fused-ring (bicyclic) bond motifs is 1. The number of nitrogens with one attached hydrogen (secondary N) is 2. The van der Waals surface area contributed by atoms with Gasteiger partial charge < -0.3 is 15.4 Å². The van der Waals surface area contributed by atoms with Crippen LogP contribution >= 0.6 is 0 Å². The second-order valence-corrected chi connectivity index (χ2v) is 5.85. The van der Waals surface area contributed by atoms with Crippen molar-refractivity contribution in [1.29, 1.82) is 0 Å². The quantitative estimate of drug-likeness (QED) is 0.796. The number of methoxy groups -OCH3 is 1. The van der Waals surface area contributed by atoms with E-state index in [1.807, 2.05) is 6.07 Å². The lowest BCUT2D eigenvalue weighted by Gasteiger charge is -2.44. The van der Waals surface area contributed by atoms with E-state index in [2.05, 4.69) is 29.7 Å². The molecular formula is C15H22N2O. The first-order valence-corrected chi connectivity index (χ1v) is 6.91. The maximum atomic E-state index is 5.26. The Labute approximate surface area is 109 Å². The predicted molar refractivity (Wildman–Crippen MR) is 75.5 cm³/mol. The molecule has 3 rings (SSSR count). The van der Waals surface area contributed by atoms with Crippen molar-refractivity contribution < 1.29 is 4.74 Å². The maximum absolute atomic E-state index is 5.26. The molecule has 0 bridgehead atoms. The highest BCUT2D eigenvalue weighted by Crippen LogP contribution is 2.40. The summed E-state index contributed by atoms with van der Waals surface area (Å²) in [6, 6.07) is 6.22. The van der Waals surface area contributed by atoms with Crippen molar-refractivity contribution in [2.24, 2.45) is 5.92 Å². The molecule has 1 spiro atoms. The van der Waals surface area contributed by atoms with Gasteiger partial charge in [0.05, 0.1) is 24.0 Å². The van der Waals surface area contributed by atoms with Crippen LogP contribution in [0, 0.1) is 5.92 Å². The molecule has 0 atom stereocenters. The van der Waals surface area contributed by atoms with Gasteiger partial charge in [-0.2, -0.15) is 0 Å². The van der Waals surface area contributed by atoms with E-state index in [4.69, 9.17) is 4.74 Å². The molecule has 0 aromatic heterocycles. The van der Waals surface area contributed by atoms with Crippen molar-refractivity contribution >= 4 is 11.4 Å². The molecule has 1 aromatic rings. The minimum absolute atomic E-state index is 0.272. The van der Waals surface area contributed by atoms with Crippen LogP contribution in [0.3, 0.4) is 0 Å². The zero-order chi connectivity index (χ0) is 12.6. The minimum Gasteiger partial charge on any atom is -0.497 e. The average molecular weight is 246 g/mol. The molecule has 2 aliphatic rings. The van der Waals surface area contributed by atoms with Crippen LogP contribution in [0.25, 0.3) is 0 Å². The Hall–Kier alpha value is -1.38. The number of benzene rings is 1. The third-order valence-electron chi connectivity index (χ3n) is 4.48. The molecule has 0 unspecified atom stereocenters. The molecule has 1 aliphatic heterocycles. The number of ether oxygens (including phenoxy) is 1. The van der Waals surface area contributed by atoms with Gasteiger partial charge in [0, 0.05) is 12.6 Å². The SMILES string of the molecule is COc1ccc2c(c1)NCC1(CCC(C)CC1)N2. The van der Waals surface area contributed by atoms with Gasteiger partial charge in [-0.3, -0.25) is 0 Å². The van der Waals surface area contributed by atoms with Crippen LogP contribution in [0.5, 0.6) is 5.75 Å². The molecule has 0 radical (unpaired) electrons. The summed E-state index contributed by atoms with van der Waals surface area (Å²) in [6.07, 6.45) is 5.21. The van der Waals surface area contributed by atoms with Gasteiger partial charge in [-0.15, -0.1) is 0 Å². The summed E-state index contributed by atoms with van der Waals surface area (Å²) >= 11 is 0. The van der Waals surface area contributed by atoms with E-state index in [1.54, 1.807) is 7.11 Å². The summed E-state index contributed by atoms with van der Waals surface area (Å²) in [5.74, 6) is 1.80. The minimum atomic E-state index is 0.272. The van der Waals surface area contributed by atoms with Gasteiger partial charge in [-0.25, -0.2) is 0 Å². The molecule has 3 nitrogen and oxygen atoms in total. The van der Waals surface area contributed by atoms with E-state index in [-0.39, 0.29) is 5.54 Å². The fraction of sp³-hybridized carbons (Fsp3) is 0.600. The van der Waals surface area contributed by atoms with Gasteiger partial charge in [0.25, 0.3) is 0 Å². The fourth-order valence-corrected chi connectivity index (χ4v) is 3.12. The van der Waals surface area contributed by atoms with E-state index in [9.17, 15) is 0 Å². The topological polar surface area (TPSA) is 33.3 Å². The third kappa shape index (κ3) is 2.02. The van der Waals surface area contributed by atoms with Crippen molar-refractivity contribution in [1.82, 2.24) is 0 Å². The summed E-state index contributed by atoms with van der Waals surface area (Å²) < 4.78 is 5.26. The zero-order valence-electron chi connectivity index (χ0n) is 11.3. The van der Waals surface area contributed by atoms with E-state index >= 15 is 0 Å². The number of hydrogen-bond donors (Lipinski definition) is 2. The van der Waals surface area contributed by atoms with Crippen LogP contribution in [-0.2, 0) is 0 Å². The predicted octanol–water partition coefficient (Wildman–Crippen LogP) is 3.48. The lowest BCUT2D eigenvalue weighted by Crippen LogP contribution is -2.49. The number of hydrogen-bond acceptors (Lipinski definition) is 3. The summed E-state index contributed by atoms with van der Waals surface area (Å²) in [4.78, 5) is 0. The highest BCUT2D eigenvalue weighted by Gasteiger charge is 2.36. The van der Waals surface area contributed by atoms with Crippen LogP contribution in [0.4, 0.5) is 11.4 Å². The highest BCUT2D eigenvalue weighted by molar-refractivity contribution is 5.74. The summed E-state index contributed by atoms with van der Waals surface area (Å²) in [5.41, 5.74) is 2.66. The second-order valence-electron chi connectivity index (χ2n) is 5.85. The lowest BCUT2D eigenvalue weighted by atomic mass is 9.76. The molecule has 3 heteroatoms. The molecule has 98 valence electrons. The monoisotopic (exact) mass is 246 g/mol. The standard InChI is InChI=1S/C15H22N2O/c1-11-5-7-15(8-6-11)10-16-14-9-12(18-2)3-4-13(14)17-15/h3-4,9,11,16-17H,5-8,10H2,1-2H3. The summed E-state index contributed by atoms with van der Waals surface area (Å²) in [7, 11) is 1.71. The van der Waals surface area contributed by atoms with Crippen molar-refractivity contribution in [3.63, 3.8) is 0 Å². The summed E-state index contributed by atoms with van der Waals surface area (Å²) in [6.45, 7) is 3.39. The largest absolute Gasteiger partial charge is 0.497 e. The third-order valence-corrected chi connectivity index (χ3v) is 4.48. The lowest BCUT2D eigenvalue weighted by molar-refractivity contribution is 0.274. The highest BCUT2D eigenvalue weighted by atomic mass is 16.5. The van der Waals surface area contributed by atoms with Gasteiger partial charge in [0.1, 0.15) is 5.75 Å². The molecule has 1 fully saturated rings. The first kappa shape index (κ1) is 11.7. The van der Waals surface area contributed by atoms with Gasteiger partial charge >= 0.3 is 0 Å². The van der Waals surface area contributed by atoms with Crippen molar-refractivity contribution in [2.75, 3.05) is 24.3 Å². The van der Waals surface area contributed by atoms with Crippen molar-refractivity contribution in [3.8, 4) is 5.75 Å². The maximum Gasteiger partial charge on any atom is 0.121 e. The van der Waals surface area contributed by atoms with Gasteiger partial charge in [-0.1, -0.05) is 6.92 Å². The molecule has 1 heterocycles.